The lowest BCUT2D eigenvalue weighted by Crippen LogP contribution is -2.50. The molecule has 0 spiro atoms. The zero-order valence-corrected chi connectivity index (χ0v) is 19.9. The number of nitrogens with one attached hydrogen (secondary N) is 1. The fraction of sp³-hybridized carbons (Fsp3) is 0.423. The topological polar surface area (TPSA) is 79.0 Å². The summed E-state index contributed by atoms with van der Waals surface area (Å²) in [6.45, 7) is 1.52. The summed E-state index contributed by atoms with van der Waals surface area (Å²) >= 11 is 0. The van der Waals surface area contributed by atoms with Gasteiger partial charge >= 0.3 is 6.09 Å². The van der Waals surface area contributed by atoms with Crippen LogP contribution in [-0.4, -0.2) is 49.6 Å². The van der Waals surface area contributed by atoms with Gasteiger partial charge in [0.05, 0.1) is 7.11 Å². The number of ether oxygens (including phenoxy) is 1. The van der Waals surface area contributed by atoms with E-state index in [1.54, 1.807) is 18.2 Å². The van der Waals surface area contributed by atoms with Gasteiger partial charge in [-0.2, -0.15) is 0 Å². The number of carbonyl (C=O) groups excluding carboxylic acids is 3. The second-order valence-corrected chi connectivity index (χ2v) is 8.67. The van der Waals surface area contributed by atoms with Crippen molar-refractivity contribution in [3.63, 3.8) is 0 Å². The molecular weight excluding hydrogens is 437 g/mol. The number of methoxy groups -OCH3 is 1. The number of anilines is 1. The van der Waals surface area contributed by atoms with Crippen molar-refractivity contribution in [1.29, 1.82) is 0 Å². The SMILES string of the molecule is COC(=O)N(C)CC(=O)N(c1cccc(F)c1)C(C(=O)NC1CCCCC1)c1ccccc1C. The Morgan fingerprint density at radius 2 is 1.79 bits per heavy atom. The first-order valence-electron chi connectivity index (χ1n) is 11.5. The molecule has 7 nitrogen and oxygen atoms in total. The molecule has 0 saturated heterocycles. The van der Waals surface area contributed by atoms with Crippen molar-refractivity contribution in [2.45, 2.75) is 51.1 Å². The predicted molar refractivity (Wildman–Crippen MR) is 128 cm³/mol. The summed E-state index contributed by atoms with van der Waals surface area (Å²) in [6.07, 6.45) is 4.29. The van der Waals surface area contributed by atoms with Crippen molar-refractivity contribution >= 4 is 23.6 Å². The van der Waals surface area contributed by atoms with Crippen LogP contribution >= 0.6 is 0 Å². The number of amides is 3. The van der Waals surface area contributed by atoms with Crippen LogP contribution < -0.4 is 10.2 Å². The number of aryl methyl sites for hydroxylation is 1. The predicted octanol–water partition coefficient (Wildman–Crippen LogP) is 4.36. The largest absolute Gasteiger partial charge is 0.453 e. The van der Waals surface area contributed by atoms with Gasteiger partial charge in [0.25, 0.3) is 0 Å². The van der Waals surface area contributed by atoms with E-state index in [9.17, 15) is 18.8 Å². The number of likely N-dealkylation sites (N-methyl/N-ethyl adjacent to an activating group) is 1. The summed E-state index contributed by atoms with van der Waals surface area (Å²) in [5, 5.41) is 3.12. The maximum Gasteiger partial charge on any atom is 0.409 e. The lowest BCUT2D eigenvalue weighted by molar-refractivity contribution is -0.127. The van der Waals surface area contributed by atoms with E-state index in [-0.39, 0.29) is 24.2 Å². The van der Waals surface area contributed by atoms with E-state index in [4.69, 9.17) is 4.74 Å². The first-order valence-corrected chi connectivity index (χ1v) is 11.5. The molecule has 1 atom stereocenters. The van der Waals surface area contributed by atoms with Crippen LogP contribution in [0.15, 0.2) is 48.5 Å². The van der Waals surface area contributed by atoms with Gasteiger partial charge in [-0.25, -0.2) is 9.18 Å². The summed E-state index contributed by atoms with van der Waals surface area (Å²) in [4.78, 5) is 41.7. The molecule has 1 fully saturated rings. The van der Waals surface area contributed by atoms with Crippen LogP contribution in [0.25, 0.3) is 0 Å². The summed E-state index contributed by atoms with van der Waals surface area (Å²) in [6, 6.07) is 11.9. The monoisotopic (exact) mass is 469 g/mol. The third-order valence-electron chi connectivity index (χ3n) is 6.15. The van der Waals surface area contributed by atoms with Crippen LogP contribution in [0.1, 0.15) is 49.3 Å². The molecule has 2 aromatic carbocycles. The van der Waals surface area contributed by atoms with E-state index >= 15 is 0 Å². The first kappa shape index (κ1) is 25.2. The van der Waals surface area contributed by atoms with E-state index in [1.807, 2.05) is 19.1 Å². The highest BCUT2D eigenvalue weighted by Crippen LogP contribution is 2.31. The molecule has 1 saturated carbocycles. The van der Waals surface area contributed by atoms with Crippen LogP contribution in [0, 0.1) is 12.7 Å². The molecule has 1 aliphatic rings. The minimum Gasteiger partial charge on any atom is -0.453 e. The van der Waals surface area contributed by atoms with E-state index < -0.39 is 23.9 Å². The maximum atomic E-state index is 14.2. The number of hydrogen-bond acceptors (Lipinski definition) is 4. The van der Waals surface area contributed by atoms with Crippen LogP contribution in [-0.2, 0) is 14.3 Å². The Morgan fingerprint density at radius 1 is 1.09 bits per heavy atom. The first-order chi connectivity index (χ1) is 16.3. The lowest BCUT2D eigenvalue weighted by atomic mass is 9.93. The van der Waals surface area contributed by atoms with Crippen LogP contribution in [0.2, 0.25) is 0 Å². The highest BCUT2D eigenvalue weighted by atomic mass is 19.1. The van der Waals surface area contributed by atoms with Gasteiger partial charge in [-0.1, -0.05) is 49.6 Å². The molecule has 182 valence electrons. The smallest absolute Gasteiger partial charge is 0.409 e. The minimum atomic E-state index is -1.04. The summed E-state index contributed by atoms with van der Waals surface area (Å²) < 4.78 is 18.9. The molecular formula is C26H32FN3O4. The zero-order chi connectivity index (χ0) is 24.7. The Balaban J connectivity index is 2.06. The molecule has 0 radical (unpaired) electrons. The van der Waals surface area contributed by atoms with E-state index in [1.165, 1.54) is 37.3 Å². The Morgan fingerprint density at radius 3 is 2.44 bits per heavy atom. The van der Waals surface area contributed by atoms with Gasteiger partial charge in [0.15, 0.2) is 0 Å². The van der Waals surface area contributed by atoms with Gasteiger partial charge in [0.1, 0.15) is 18.4 Å². The second kappa shape index (κ2) is 11.6. The maximum absolute atomic E-state index is 14.2. The van der Waals surface area contributed by atoms with Crippen LogP contribution in [0.5, 0.6) is 0 Å². The molecule has 3 amide bonds. The normalized spacial score (nSPS) is 14.7. The molecule has 34 heavy (non-hydrogen) atoms. The molecule has 0 aliphatic heterocycles. The lowest BCUT2D eigenvalue weighted by Gasteiger charge is -2.35. The van der Waals surface area contributed by atoms with Gasteiger partial charge in [0.2, 0.25) is 11.8 Å². The summed E-state index contributed by atoms with van der Waals surface area (Å²) in [5.74, 6) is -1.40. The third-order valence-corrected chi connectivity index (χ3v) is 6.15. The Labute approximate surface area is 199 Å². The van der Waals surface area contributed by atoms with E-state index in [0.717, 1.165) is 42.6 Å². The summed E-state index contributed by atoms with van der Waals surface area (Å²) in [7, 11) is 2.65. The molecule has 1 N–H and O–H groups in total. The molecule has 2 aromatic rings. The van der Waals surface area contributed by atoms with Gasteiger partial charge in [-0.3, -0.25) is 14.5 Å². The Hall–Kier alpha value is -3.42. The standard InChI is InChI=1S/C26H32FN3O4/c1-18-10-7-8-15-22(18)24(25(32)28-20-12-5-4-6-13-20)30(21-14-9-11-19(27)16-21)23(31)17-29(2)26(33)34-3/h7-11,14-16,20,24H,4-6,12-13,17H2,1-3H3,(H,28,32). The number of nitrogens with zero attached hydrogens (tertiary/aromatic N) is 2. The molecule has 1 aliphatic carbocycles. The number of hydrogen-bond donors (Lipinski definition) is 1. The quantitative estimate of drug-likeness (QED) is 0.654. The van der Waals surface area contributed by atoms with E-state index in [2.05, 4.69) is 5.32 Å². The molecule has 0 aromatic heterocycles. The van der Waals surface area contributed by atoms with Crippen LogP contribution in [0.4, 0.5) is 14.9 Å². The second-order valence-electron chi connectivity index (χ2n) is 8.67. The van der Waals surface area contributed by atoms with Crippen molar-refractivity contribution in [2.75, 3.05) is 25.6 Å². The van der Waals surface area contributed by atoms with Crippen LogP contribution in [0.3, 0.4) is 0 Å². The molecule has 1 unspecified atom stereocenters. The summed E-state index contributed by atoms with van der Waals surface area (Å²) in [5.41, 5.74) is 1.69. The van der Waals surface area contributed by atoms with Crippen molar-refractivity contribution in [3.8, 4) is 0 Å². The van der Waals surface area contributed by atoms with Gasteiger partial charge < -0.3 is 15.0 Å². The number of benzene rings is 2. The Bertz CT molecular complexity index is 1020. The molecule has 3 rings (SSSR count). The van der Waals surface area contributed by atoms with E-state index in [0.29, 0.717) is 5.56 Å². The molecule has 0 bridgehead atoms. The van der Waals surface area contributed by atoms with Gasteiger partial charge in [-0.15, -0.1) is 0 Å². The van der Waals surface area contributed by atoms with Crippen molar-refractivity contribution in [1.82, 2.24) is 10.2 Å². The number of halogens is 1. The molecule has 0 heterocycles. The van der Waals surface area contributed by atoms with Gasteiger partial charge in [0, 0.05) is 18.8 Å². The number of carbonyl (C=O) groups is 3. The number of rotatable bonds is 7. The molecule has 8 heteroatoms. The Kier molecular flexibility index (Phi) is 8.62. The van der Waals surface area contributed by atoms with Crippen molar-refractivity contribution in [2.24, 2.45) is 0 Å². The average molecular weight is 470 g/mol. The fourth-order valence-electron chi connectivity index (χ4n) is 4.38. The van der Waals surface area contributed by atoms with Gasteiger partial charge in [-0.05, 0) is 49.1 Å². The highest BCUT2D eigenvalue weighted by molar-refractivity contribution is 6.03. The highest BCUT2D eigenvalue weighted by Gasteiger charge is 2.35. The fourth-order valence-corrected chi connectivity index (χ4v) is 4.38. The van der Waals surface area contributed by atoms with Crippen molar-refractivity contribution in [3.05, 3.63) is 65.5 Å². The minimum absolute atomic E-state index is 0.0231. The van der Waals surface area contributed by atoms with Crippen molar-refractivity contribution < 1.29 is 23.5 Å². The zero-order valence-electron chi connectivity index (χ0n) is 19.9. The average Bonchev–Trinajstić information content (AvgIpc) is 2.83. The third kappa shape index (κ3) is 6.12.